The van der Waals surface area contributed by atoms with Crippen molar-refractivity contribution in [1.82, 2.24) is 4.90 Å². The lowest BCUT2D eigenvalue weighted by atomic mass is 9.93. The zero-order chi connectivity index (χ0) is 12.0. The van der Waals surface area contributed by atoms with Gasteiger partial charge >= 0.3 is 0 Å². The molecule has 1 saturated heterocycles. The summed E-state index contributed by atoms with van der Waals surface area (Å²) in [5.41, 5.74) is -0.390. The first-order valence-corrected chi connectivity index (χ1v) is 7.00. The van der Waals surface area contributed by atoms with E-state index in [-0.39, 0.29) is 5.60 Å². The lowest BCUT2D eigenvalue weighted by Gasteiger charge is -2.22. The molecular weight excluding hydrogens is 198 g/mol. The van der Waals surface area contributed by atoms with Gasteiger partial charge in [0, 0.05) is 12.6 Å². The number of hydrogen-bond acceptors (Lipinski definition) is 2. The van der Waals surface area contributed by atoms with Gasteiger partial charge in [-0.05, 0) is 26.8 Å². The summed E-state index contributed by atoms with van der Waals surface area (Å²) in [6, 6.07) is 0.546. The first-order valence-electron chi connectivity index (χ1n) is 7.00. The van der Waals surface area contributed by atoms with Crippen LogP contribution in [0.2, 0.25) is 0 Å². The summed E-state index contributed by atoms with van der Waals surface area (Å²) < 4.78 is 0. The van der Waals surface area contributed by atoms with E-state index in [4.69, 9.17) is 0 Å². The van der Waals surface area contributed by atoms with Gasteiger partial charge in [-0.2, -0.15) is 0 Å². The zero-order valence-corrected chi connectivity index (χ0v) is 11.3. The van der Waals surface area contributed by atoms with E-state index in [1.165, 1.54) is 38.5 Å². The van der Waals surface area contributed by atoms with E-state index in [2.05, 4.69) is 25.8 Å². The van der Waals surface area contributed by atoms with Gasteiger partial charge in [-0.3, -0.25) is 0 Å². The van der Waals surface area contributed by atoms with Crippen LogP contribution in [0.1, 0.15) is 65.2 Å². The van der Waals surface area contributed by atoms with Crippen LogP contribution in [0.5, 0.6) is 0 Å². The molecule has 96 valence electrons. The standard InChI is InChI=1S/C14H29NO/c1-4-5-6-7-8-9-10-14(16)11-13(2)15(3)12-14/h13,16H,4-12H2,1-3H3. The van der Waals surface area contributed by atoms with E-state index in [0.717, 1.165) is 19.4 Å². The van der Waals surface area contributed by atoms with Gasteiger partial charge in [0.15, 0.2) is 0 Å². The molecule has 2 unspecified atom stereocenters. The molecule has 2 heteroatoms. The quantitative estimate of drug-likeness (QED) is 0.675. The van der Waals surface area contributed by atoms with Crippen LogP contribution >= 0.6 is 0 Å². The highest BCUT2D eigenvalue weighted by molar-refractivity contribution is 4.93. The van der Waals surface area contributed by atoms with E-state index in [1.807, 2.05) is 0 Å². The van der Waals surface area contributed by atoms with Crippen molar-refractivity contribution in [1.29, 1.82) is 0 Å². The molecule has 0 saturated carbocycles. The van der Waals surface area contributed by atoms with Crippen LogP contribution < -0.4 is 0 Å². The normalized spacial score (nSPS) is 31.1. The summed E-state index contributed by atoms with van der Waals surface area (Å²) in [5, 5.41) is 10.4. The van der Waals surface area contributed by atoms with Gasteiger partial charge in [0.05, 0.1) is 5.60 Å². The molecule has 0 amide bonds. The van der Waals surface area contributed by atoms with Crippen LogP contribution in [0.25, 0.3) is 0 Å². The van der Waals surface area contributed by atoms with Crippen LogP contribution in [0.4, 0.5) is 0 Å². The maximum atomic E-state index is 10.4. The number of nitrogens with zero attached hydrogens (tertiary/aromatic N) is 1. The highest BCUT2D eigenvalue weighted by Gasteiger charge is 2.37. The smallest absolute Gasteiger partial charge is 0.0788 e. The van der Waals surface area contributed by atoms with Crippen LogP contribution in [0.15, 0.2) is 0 Å². The molecule has 0 radical (unpaired) electrons. The van der Waals surface area contributed by atoms with Crippen LogP contribution in [0, 0.1) is 0 Å². The van der Waals surface area contributed by atoms with E-state index in [0.29, 0.717) is 6.04 Å². The summed E-state index contributed by atoms with van der Waals surface area (Å²) in [6.07, 6.45) is 9.82. The number of rotatable bonds is 7. The number of likely N-dealkylation sites (tertiary alicyclic amines) is 1. The monoisotopic (exact) mass is 227 g/mol. The number of β-amino-alcohol motifs (C(OH)–C–C–N with tert-alkyl or cyclic N) is 1. The summed E-state index contributed by atoms with van der Waals surface area (Å²) >= 11 is 0. The molecule has 1 aliphatic rings. The first-order chi connectivity index (χ1) is 7.57. The Bertz CT molecular complexity index is 183. The molecule has 0 aromatic carbocycles. The predicted octanol–water partition coefficient (Wildman–Crippen LogP) is 3.19. The molecule has 2 atom stereocenters. The molecule has 2 nitrogen and oxygen atoms in total. The number of hydrogen-bond donors (Lipinski definition) is 1. The van der Waals surface area contributed by atoms with Crippen molar-refractivity contribution in [3.05, 3.63) is 0 Å². The van der Waals surface area contributed by atoms with Gasteiger partial charge in [-0.15, -0.1) is 0 Å². The maximum Gasteiger partial charge on any atom is 0.0788 e. The Morgan fingerprint density at radius 2 is 1.81 bits per heavy atom. The minimum Gasteiger partial charge on any atom is -0.388 e. The molecular formula is C14H29NO. The Morgan fingerprint density at radius 3 is 2.38 bits per heavy atom. The summed E-state index contributed by atoms with van der Waals surface area (Å²) in [4.78, 5) is 2.27. The molecule has 1 aliphatic heterocycles. The zero-order valence-electron chi connectivity index (χ0n) is 11.3. The maximum absolute atomic E-state index is 10.4. The van der Waals surface area contributed by atoms with Gasteiger partial charge in [-0.1, -0.05) is 45.4 Å². The second-order valence-corrected chi connectivity index (χ2v) is 5.71. The molecule has 1 N–H and O–H groups in total. The Labute approximate surface area is 101 Å². The number of likely N-dealkylation sites (N-methyl/N-ethyl adjacent to an activating group) is 1. The van der Waals surface area contributed by atoms with Gasteiger partial charge < -0.3 is 10.0 Å². The molecule has 1 rings (SSSR count). The molecule has 16 heavy (non-hydrogen) atoms. The van der Waals surface area contributed by atoms with Gasteiger partial charge in [0.1, 0.15) is 0 Å². The number of aliphatic hydroxyl groups is 1. The molecule has 0 spiro atoms. The highest BCUT2D eigenvalue weighted by atomic mass is 16.3. The van der Waals surface area contributed by atoms with Crippen molar-refractivity contribution < 1.29 is 5.11 Å². The fourth-order valence-corrected chi connectivity index (χ4v) is 2.81. The summed E-state index contributed by atoms with van der Waals surface area (Å²) in [7, 11) is 2.11. The average Bonchev–Trinajstić information content (AvgIpc) is 2.47. The van der Waals surface area contributed by atoms with Crippen molar-refractivity contribution >= 4 is 0 Å². The summed E-state index contributed by atoms with van der Waals surface area (Å²) in [6.45, 7) is 5.32. The lowest BCUT2D eigenvalue weighted by molar-refractivity contribution is 0.0401. The fourth-order valence-electron chi connectivity index (χ4n) is 2.81. The van der Waals surface area contributed by atoms with E-state index in [9.17, 15) is 5.11 Å². The Hall–Kier alpha value is -0.0800. The second kappa shape index (κ2) is 6.61. The molecule has 0 bridgehead atoms. The third-order valence-corrected chi connectivity index (χ3v) is 3.97. The Morgan fingerprint density at radius 1 is 1.19 bits per heavy atom. The largest absolute Gasteiger partial charge is 0.388 e. The Balaban J connectivity index is 2.08. The molecule has 0 aliphatic carbocycles. The van der Waals surface area contributed by atoms with E-state index < -0.39 is 0 Å². The fraction of sp³-hybridized carbons (Fsp3) is 1.00. The van der Waals surface area contributed by atoms with Crippen molar-refractivity contribution in [2.75, 3.05) is 13.6 Å². The SMILES string of the molecule is CCCCCCCCC1(O)CC(C)N(C)C1. The van der Waals surface area contributed by atoms with Gasteiger partial charge in [-0.25, -0.2) is 0 Å². The second-order valence-electron chi connectivity index (χ2n) is 5.71. The van der Waals surface area contributed by atoms with Crippen molar-refractivity contribution in [2.45, 2.75) is 76.9 Å². The minimum absolute atomic E-state index is 0.390. The van der Waals surface area contributed by atoms with Crippen molar-refractivity contribution in [3.8, 4) is 0 Å². The summed E-state index contributed by atoms with van der Waals surface area (Å²) in [5.74, 6) is 0. The van der Waals surface area contributed by atoms with Gasteiger partial charge in [0.2, 0.25) is 0 Å². The number of unbranched alkanes of at least 4 members (excludes halogenated alkanes) is 5. The molecule has 0 aromatic rings. The van der Waals surface area contributed by atoms with Crippen LogP contribution in [-0.2, 0) is 0 Å². The van der Waals surface area contributed by atoms with Crippen LogP contribution in [-0.4, -0.2) is 35.2 Å². The third kappa shape index (κ3) is 4.42. The average molecular weight is 227 g/mol. The van der Waals surface area contributed by atoms with E-state index in [1.54, 1.807) is 0 Å². The minimum atomic E-state index is -0.390. The predicted molar refractivity (Wildman–Crippen MR) is 69.7 cm³/mol. The topological polar surface area (TPSA) is 23.5 Å². The molecule has 1 fully saturated rings. The van der Waals surface area contributed by atoms with E-state index >= 15 is 0 Å². The molecule has 0 aromatic heterocycles. The Kier molecular flexibility index (Phi) is 5.77. The van der Waals surface area contributed by atoms with Crippen molar-refractivity contribution in [2.24, 2.45) is 0 Å². The van der Waals surface area contributed by atoms with Crippen LogP contribution in [0.3, 0.4) is 0 Å². The van der Waals surface area contributed by atoms with Crippen molar-refractivity contribution in [3.63, 3.8) is 0 Å². The van der Waals surface area contributed by atoms with Gasteiger partial charge in [0.25, 0.3) is 0 Å². The third-order valence-electron chi connectivity index (χ3n) is 3.97. The first kappa shape index (κ1) is 14.0. The highest BCUT2D eigenvalue weighted by Crippen LogP contribution is 2.30. The molecule has 1 heterocycles. The lowest BCUT2D eigenvalue weighted by Crippen LogP contribution is -2.31.